The standard InChI is InChI=1S/C14H21BrN4O2/c15-13-9-18(16-14(13)19(20)21)10-17(12-6-7-12)8-11-4-2-1-3-5-11/h9,11-12H,1-8,10H2. The van der Waals surface area contributed by atoms with Gasteiger partial charge < -0.3 is 10.1 Å². The summed E-state index contributed by atoms with van der Waals surface area (Å²) in [7, 11) is 0. The normalized spacial score (nSPS) is 20.1. The van der Waals surface area contributed by atoms with Gasteiger partial charge in [0.15, 0.2) is 0 Å². The Bertz CT molecular complexity index is 509. The lowest BCUT2D eigenvalue weighted by molar-refractivity contribution is -0.390. The molecule has 7 heteroatoms. The van der Waals surface area contributed by atoms with Crippen molar-refractivity contribution in [2.24, 2.45) is 5.92 Å². The average molecular weight is 357 g/mol. The van der Waals surface area contributed by atoms with Gasteiger partial charge in [-0.05, 0) is 52.5 Å². The van der Waals surface area contributed by atoms with Gasteiger partial charge in [0.05, 0.1) is 11.3 Å². The predicted molar refractivity (Wildman–Crippen MR) is 82.9 cm³/mol. The highest BCUT2D eigenvalue weighted by Crippen LogP contribution is 2.32. The minimum absolute atomic E-state index is 0.0941. The van der Waals surface area contributed by atoms with E-state index in [9.17, 15) is 10.1 Å². The first-order chi connectivity index (χ1) is 10.1. The molecule has 2 aliphatic carbocycles. The summed E-state index contributed by atoms with van der Waals surface area (Å²) in [6.07, 6.45) is 10.9. The topological polar surface area (TPSA) is 64.2 Å². The van der Waals surface area contributed by atoms with Crippen molar-refractivity contribution in [2.75, 3.05) is 6.54 Å². The second kappa shape index (κ2) is 6.44. The number of nitrogens with zero attached hydrogens (tertiary/aromatic N) is 4. The third-order valence-corrected chi connectivity index (χ3v) is 5.04. The quantitative estimate of drug-likeness (QED) is 0.577. The summed E-state index contributed by atoms with van der Waals surface area (Å²) >= 11 is 3.22. The maximum Gasteiger partial charge on any atom is 0.404 e. The van der Waals surface area contributed by atoms with Crippen molar-refractivity contribution in [2.45, 2.75) is 57.7 Å². The fraction of sp³-hybridized carbons (Fsp3) is 0.786. The van der Waals surface area contributed by atoms with Gasteiger partial charge in [0.2, 0.25) is 0 Å². The zero-order chi connectivity index (χ0) is 14.8. The lowest BCUT2D eigenvalue weighted by atomic mass is 9.89. The van der Waals surface area contributed by atoms with Gasteiger partial charge in [-0.1, -0.05) is 19.3 Å². The summed E-state index contributed by atoms with van der Waals surface area (Å²) < 4.78 is 2.16. The number of halogens is 1. The lowest BCUT2D eigenvalue weighted by Gasteiger charge is -2.29. The van der Waals surface area contributed by atoms with Crippen molar-refractivity contribution < 1.29 is 4.92 Å². The first-order valence-electron chi connectivity index (χ1n) is 7.75. The molecule has 0 aliphatic heterocycles. The molecule has 2 fully saturated rings. The second-order valence-electron chi connectivity index (χ2n) is 6.25. The van der Waals surface area contributed by atoms with Gasteiger partial charge in [-0.3, -0.25) is 4.90 Å². The molecule has 2 aliphatic rings. The first-order valence-corrected chi connectivity index (χ1v) is 8.54. The Hall–Kier alpha value is -0.950. The van der Waals surface area contributed by atoms with E-state index < -0.39 is 4.92 Å². The predicted octanol–water partition coefficient (Wildman–Crippen LogP) is 3.56. The van der Waals surface area contributed by atoms with Crippen molar-refractivity contribution in [1.82, 2.24) is 14.7 Å². The van der Waals surface area contributed by atoms with Gasteiger partial charge in [-0.15, -0.1) is 0 Å². The zero-order valence-electron chi connectivity index (χ0n) is 12.1. The molecule has 21 heavy (non-hydrogen) atoms. The molecule has 1 heterocycles. The summed E-state index contributed by atoms with van der Waals surface area (Å²) in [5, 5.41) is 15.0. The Morgan fingerprint density at radius 2 is 2.05 bits per heavy atom. The van der Waals surface area contributed by atoms with Crippen LogP contribution in [0.25, 0.3) is 0 Å². The Morgan fingerprint density at radius 1 is 1.33 bits per heavy atom. The molecule has 0 bridgehead atoms. The SMILES string of the molecule is O=[N+]([O-])c1nn(CN(CC2CCCCC2)C2CC2)cc1Br. The van der Waals surface area contributed by atoms with Gasteiger partial charge in [0.1, 0.15) is 11.1 Å². The summed E-state index contributed by atoms with van der Waals surface area (Å²) in [5.41, 5.74) is 0. The Balaban J connectivity index is 1.64. The zero-order valence-corrected chi connectivity index (χ0v) is 13.7. The lowest BCUT2D eigenvalue weighted by Crippen LogP contribution is -2.34. The molecule has 0 radical (unpaired) electrons. The van der Waals surface area contributed by atoms with Crippen LogP contribution in [0.4, 0.5) is 5.82 Å². The Morgan fingerprint density at radius 3 is 2.62 bits per heavy atom. The first kappa shape index (κ1) is 15.0. The molecular formula is C14H21BrN4O2. The van der Waals surface area contributed by atoms with Crippen molar-refractivity contribution in [3.8, 4) is 0 Å². The highest BCUT2D eigenvalue weighted by atomic mass is 79.9. The number of hydrogen-bond acceptors (Lipinski definition) is 4. The molecule has 0 unspecified atom stereocenters. The van der Waals surface area contributed by atoms with Crippen LogP contribution in [-0.4, -0.2) is 32.2 Å². The van der Waals surface area contributed by atoms with E-state index in [1.165, 1.54) is 44.9 Å². The van der Waals surface area contributed by atoms with Crippen LogP contribution >= 0.6 is 15.9 Å². The maximum absolute atomic E-state index is 10.9. The van der Waals surface area contributed by atoms with Crippen LogP contribution in [0.5, 0.6) is 0 Å². The summed E-state index contributed by atoms with van der Waals surface area (Å²) in [6, 6.07) is 0.647. The number of hydrogen-bond donors (Lipinski definition) is 0. The van der Waals surface area contributed by atoms with Crippen LogP contribution in [0.3, 0.4) is 0 Å². The number of aromatic nitrogens is 2. The van der Waals surface area contributed by atoms with E-state index in [0.29, 0.717) is 17.2 Å². The third-order valence-electron chi connectivity index (χ3n) is 4.48. The molecule has 0 N–H and O–H groups in total. The van der Waals surface area contributed by atoms with Crippen LogP contribution in [-0.2, 0) is 6.67 Å². The molecule has 116 valence electrons. The van der Waals surface area contributed by atoms with Gasteiger partial charge in [-0.2, -0.15) is 4.68 Å². The van der Waals surface area contributed by atoms with Crippen LogP contribution in [0.15, 0.2) is 10.7 Å². The molecule has 3 rings (SSSR count). The number of nitro groups is 1. The van der Waals surface area contributed by atoms with Gasteiger partial charge in [0, 0.05) is 12.6 Å². The smallest absolute Gasteiger partial charge is 0.358 e. The molecule has 1 aromatic rings. The van der Waals surface area contributed by atoms with Gasteiger partial charge >= 0.3 is 5.82 Å². The van der Waals surface area contributed by atoms with Crippen molar-refractivity contribution in [3.05, 3.63) is 20.8 Å². The number of rotatable bonds is 6. The highest BCUT2D eigenvalue weighted by molar-refractivity contribution is 9.10. The fourth-order valence-electron chi connectivity index (χ4n) is 3.23. The van der Waals surface area contributed by atoms with E-state index in [-0.39, 0.29) is 5.82 Å². The van der Waals surface area contributed by atoms with Crippen LogP contribution < -0.4 is 0 Å². The fourth-order valence-corrected chi connectivity index (χ4v) is 3.69. The van der Waals surface area contributed by atoms with Crippen molar-refractivity contribution >= 4 is 21.7 Å². The summed E-state index contributed by atoms with van der Waals surface area (Å²) in [6.45, 7) is 1.77. The van der Waals surface area contributed by atoms with Gasteiger partial charge in [-0.25, -0.2) is 0 Å². The van der Waals surface area contributed by atoms with E-state index in [2.05, 4.69) is 25.9 Å². The van der Waals surface area contributed by atoms with E-state index >= 15 is 0 Å². The molecular weight excluding hydrogens is 336 g/mol. The monoisotopic (exact) mass is 356 g/mol. The van der Waals surface area contributed by atoms with E-state index in [0.717, 1.165) is 12.5 Å². The highest BCUT2D eigenvalue weighted by Gasteiger charge is 2.32. The molecule has 1 aromatic heterocycles. The largest absolute Gasteiger partial charge is 0.404 e. The minimum Gasteiger partial charge on any atom is -0.358 e. The molecule has 6 nitrogen and oxygen atoms in total. The molecule has 0 amide bonds. The maximum atomic E-state index is 10.9. The molecule has 0 saturated heterocycles. The second-order valence-corrected chi connectivity index (χ2v) is 7.10. The van der Waals surface area contributed by atoms with E-state index in [1.807, 2.05) is 0 Å². The van der Waals surface area contributed by atoms with Crippen molar-refractivity contribution in [1.29, 1.82) is 0 Å². The summed E-state index contributed by atoms with van der Waals surface area (Å²) in [4.78, 5) is 12.9. The molecule has 0 atom stereocenters. The Kier molecular flexibility index (Phi) is 4.59. The Labute approximate surface area is 132 Å². The van der Waals surface area contributed by atoms with Crippen LogP contribution in [0.1, 0.15) is 44.9 Å². The average Bonchev–Trinajstić information content (AvgIpc) is 3.23. The van der Waals surface area contributed by atoms with Crippen molar-refractivity contribution in [3.63, 3.8) is 0 Å². The van der Waals surface area contributed by atoms with Crippen LogP contribution in [0.2, 0.25) is 0 Å². The third kappa shape index (κ3) is 3.83. The molecule has 2 saturated carbocycles. The van der Waals surface area contributed by atoms with Crippen LogP contribution in [0, 0.1) is 16.0 Å². The molecule has 0 aromatic carbocycles. The van der Waals surface area contributed by atoms with E-state index in [4.69, 9.17) is 0 Å². The van der Waals surface area contributed by atoms with Gasteiger partial charge in [0.25, 0.3) is 0 Å². The molecule has 0 spiro atoms. The van der Waals surface area contributed by atoms with E-state index in [1.54, 1.807) is 10.9 Å². The summed E-state index contributed by atoms with van der Waals surface area (Å²) in [5.74, 6) is 0.691. The minimum atomic E-state index is -0.441.